The second kappa shape index (κ2) is 5.06. The largest absolute Gasteiger partial charge is 0.508 e. The summed E-state index contributed by atoms with van der Waals surface area (Å²) in [4.78, 5) is 0.405. The van der Waals surface area contributed by atoms with Gasteiger partial charge in [0.1, 0.15) is 17.2 Å². The molecule has 2 aromatic carbocycles. The Bertz CT molecular complexity index is 589. The van der Waals surface area contributed by atoms with Crippen molar-refractivity contribution in [3.05, 3.63) is 47.5 Å². The highest BCUT2D eigenvalue weighted by Gasteiger charge is 2.04. The van der Waals surface area contributed by atoms with Crippen LogP contribution in [-0.2, 0) is 0 Å². The van der Waals surface area contributed by atoms with Gasteiger partial charge >= 0.3 is 0 Å². The highest BCUT2D eigenvalue weighted by molar-refractivity contribution is 7.80. The van der Waals surface area contributed by atoms with Gasteiger partial charge in [0.2, 0.25) is 0 Å². The monoisotopic (exact) mass is 260 g/mol. The molecule has 0 unspecified atom stereocenters. The van der Waals surface area contributed by atoms with Crippen LogP contribution >= 0.6 is 12.6 Å². The Hall–Kier alpha value is -2.07. The van der Waals surface area contributed by atoms with Crippen LogP contribution in [0.2, 0.25) is 0 Å². The SMILES string of the molecule is Oc1ccc(C=Cc2cc(O)cc(O)c2S)cc1. The molecule has 0 aliphatic rings. The van der Waals surface area contributed by atoms with Gasteiger partial charge in [-0.1, -0.05) is 24.3 Å². The molecule has 2 rings (SSSR count). The van der Waals surface area contributed by atoms with Gasteiger partial charge in [-0.15, -0.1) is 12.6 Å². The van der Waals surface area contributed by atoms with Crippen molar-refractivity contribution in [1.29, 1.82) is 0 Å². The minimum absolute atomic E-state index is 0.0179. The minimum atomic E-state index is -0.0660. The Morgan fingerprint density at radius 3 is 2.17 bits per heavy atom. The van der Waals surface area contributed by atoms with Crippen LogP contribution in [0, 0.1) is 0 Å². The smallest absolute Gasteiger partial charge is 0.133 e. The number of thiol groups is 1. The van der Waals surface area contributed by atoms with Crippen LogP contribution in [0.15, 0.2) is 41.3 Å². The van der Waals surface area contributed by atoms with Crippen LogP contribution in [0.4, 0.5) is 0 Å². The van der Waals surface area contributed by atoms with Crippen molar-refractivity contribution in [2.45, 2.75) is 4.90 Å². The first-order valence-electron chi connectivity index (χ1n) is 5.28. The number of phenols is 3. The first kappa shape index (κ1) is 12.4. The Kier molecular flexibility index (Phi) is 3.48. The van der Waals surface area contributed by atoms with Gasteiger partial charge in [-0.05, 0) is 29.3 Å². The molecule has 3 N–H and O–H groups in total. The fourth-order valence-electron chi connectivity index (χ4n) is 1.52. The van der Waals surface area contributed by atoms with Crippen LogP contribution < -0.4 is 0 Å². The van der Waals surface area contributed by atoms with Gasteiger partial charge < -0.3 is 15.3 Å². The molecule has 0 aliphatic heterocycles. The summed E-state index contributed by atoms with van der Waals surface area (Å²) in [5, 5.41) is 28.1. The second-order valence-corrected chi connectivity index (χ2v) is 4.27. The molecule has 18 heavy (non-hydrogen) atoms. The lowest BCUT2D eigenvalue weighted by Gasteiger charge is -2.03. The summed E-state index contributed by atoms with van der Waals surface area (Å²) in [7, 11) is 0. The summed E-state index contributed by atoms with van der Waals surface area (Å²) >= 11 is 4.17. The molecule has 0 aliphatic carbocycles. The number of phenolic OH excluding ortho intramolecular Hbond substituents is 3. The van der Waals surface area contributed by atoms with Gasteiger partial charge in [0.05, 0.1) is 4.90 Å². The van der Waals surface area contributed by atoms with E-state index in [2.05, 4.69) is 12.6 Å². The van der Waals surface area contributed by atoms with E-state index < -0.39 is 0 Å². The second-order valence-electron chi connectivity index (χ2n) is 3.83. The lowest BCUT2D eigenvalue weighted by molar-refractivity contribution is 0.441. The normalized spacial score (nSPS) is 10.9. The molecule has 0 saturated heterocycles. The van der Waals surface area contributed by atoms with Gasteiger partial charge in [0.25, 0.3) is 0 Å². The molecule has 0 atom stereocenters. The predicted molar refractivity (Wildman–Crippen MR) is 74.1 cm³/mol. The number of rotatable bonds is 2. The zero-order valence-electron chi connectivity index (χ0n) is 9.41. The molecule has 0 fully saturated rings. The summed E-state index contributed by atoms with van der Waals surface area (Å²) in [6.45, 7) is 0. The van der Waals surface area contributed by atoms with Crippen molar-refractivity contribution in [2.24, 2.45) is 0 Å². The van der Waals surface area contributed by atoms with Crippen molar-refractivity contribution in [3.63, 3.8) is 0 Å². The summed E-state index contributed by atoms with van der Waals surface area (Å²) in [5.41, 5.74) is 1.51. The van der Waals surface area contributed by atoms with Crippen LogP contribution in [0.25, 0.3) is 12.2 Å². The molecule has 0 aromatic heterocycles. The molecule has 0 saturated carbocycles. The standard InChI is InChI=1S/C14H12O3S/c15-11-5-2-9(3-6-11)1-4-10-7-12(16)8-13(17)14(10)18/h1-8,15-18H. The maximum absolute atomic E-state index is 9.51. The fourth-order valence-corrected chi connectivity index (χ4v) is 1.73. The molecule has 0 spiro atoms. The first-order chi connectivity index (χ1) is 8.56. The lowest BCUT2D eigenvalue weighted by Crippen LogP contribution is -1.79. The Morgan fingerprint density at radius 1 is 0.833 bits per heavy atom. The quantitative estimate of drug-likeness (QED) is 0.495. The van der Waals surface area contributed by atoms with Crippen LogP contribution in [-0.4, -0.2) is 15.3 Å². The van der Waals surface area contributed by atoms with Crippen molar-refractivity contribution < 1.29 is 15.3 Å². The highest BCUT2D eigenvalue weighted by Crippen LogP contribution is 2.31. The molecule has 0 bridgehead atoms. The average molecular weight is 260 g/mol. The summed E-state index contributed by atoms with van der Waals surface area (Å²) in [5.74, 6) is 0.122. The molecule has 4 heteroatoms. The van der Waals surface area contributed by atoms with E-state index in [0.717, 1.165) is 5.56 Å². The Labute approximate surface area is 110 Å². The van der Waals surface area contributed by atoms with Gasteiger partial charge in [0.15, 0.2) is 0 Å². The number of aromatic hydroxyl groups is 3. The third-order valence-electron chi connectivity index (χ3n) is 2.45. The first-order valence-corrected chi connectivity index (χ1v) is 5.73. The molecule has 0 radical (unpaired) electrons. The van der Waals surface area contributed by atoms with Gasteiger partial charge in [-0.25, -0.2) is 0 Å². The zero-order chi connectivity index (χ0) is 13.1. The van der Waals surface area contributed by atoms with E-state index in [-0.39, 0.29) is 17.2 Å². The number of hydrogen-bond donors (Lipinski definition) is 4. The Morgan fingerprint density at radius 2 is 1.50 bits per heavy atom. The van der Waals surface area contributed by atoms with E-state index in [4.69, 9.17) is 5.11 Å². The molecule has 0 heterocycles. The average Bonchev–Trinajstić information content (AvgIpc) is 2.34. The van der Waals surface area contributed by atoms with Gasteiger partial charge in [0, 0.05) is 6.07 Å². The highest BCUT2D eigenvalue weighted by atomic mass is 32.1. The Balaban J connectivity index is 2.31. The molecular weight excluding hydrogens is 248 g/mol. The van der Waals surface area contributed by atoms with Crippen molar-refractivity contribution in [2.75, 3.05) is 0 Å². The van der Waals surface area contributed by atoms with Crippen molar-refractivity contribution >= 4 is 24.8 Å². The van der Waals surface area contributed by atoms with Gasteiger partial charge in [-0.3, -0.25) is 0 Å². The van der Waals surface area contributed by atoms with Crippen LogP contribution in [0.1, 0.15) is 11.1 Å². The van der Waals surface area contributed by atoms with Gasteiger partial charge in [-0.2, -0.15) is 0 Å². The zero-order valence-corrected chi connectivity index (χ0v) is 10.3. The number of benzene rings is 2. The van der Waals surface area contributed by atoms with Crippen LogP contribution in [0.5, 0.6) is 17.2 Å². The van der Waals surface area contributed by atoms with E-state index in [1.807, 2.05) is 0 Å². The van der Waals surface area contributed by atoms with E-state index in [1.54, 1.807) is 36.4 Å². The third kappa shape index (κ3) is 2.78. The summed E-state index contributed by atoms with van der Waals surface area (Å²) in [6, 6.07) is 9.43. The topological polar surface area (TPSA) is 60.7 Å². The molecule has 0 amide bonds. The molecule has 3 nitrogen and oxygen atoms in total. The number of hydrogen-bond acceptors (Lipinski definition) is 4. The predicted octanol–water partition coefficient (Wildman–Crippen LogP) is 3.26. The molecule has 2 aromatic rings. The molecule has 92 valence electrons. The van der Waals surface area contributed by atoms with E-state index >= 15 is 0 Å². The van der Waals surface area contributed by atoms with Crippen LogP contribution in [0.3, 0.4) is 0 Å². The van der Waals surface area contributed by atoms with E-state index in [0.29, 0.717) is 10.5 Å². The van der Waals surface area contributed by atoms with Crippen molar-refractivity contribution in [1.82, 2.24) is 0 Å². The summed E-state index contributed by atoms with van der Waals surface area (Å²) in [6.07, 6.45) is 3.53. The fraction of sp³-hybridized carbons (Fsp3) is 0. The maximum Gasteiger partial charge on any atom is 0.133 e. The lowest BCUT2D eigenvalue weighted by atomic mass is 10.1. The van der Waals surface area contributed by atoms with E-state index in [1.165, 1.54) is 12.1 Å². The molecular formula is C14H12O3S. The minimum Gasteiger partial charge on any atom is -0.508 e. The maximum atomic E-state index is 9.51. The third-order valence-corrected chi connectivity index (χ3v) is 2.94. The summed E-state index contributed by atoms with van der Waals surface area (Å²) < 4.78 is 0. The van der Waals surface area contributed by atoms with E-state index in [9.17, 15) is 10.2 Å². The van der Waals surface area contributed by atoms with Crippen molar-refractivity contribution in [3.8, 4) is 17.2 Å².